The van der Waals surface area contributed by atoms with Gasteiger partial charge in [0, 0.05) is 38.0 Å². The molecule has 0 radical (unpaired) electrons. The second-order valence-corrected chi connectivity index (χ2v) is 4.41. The maximum absolute atomic E-state index is 8.72. The van der Waals surface area contributed by atoms with Crippen molar-refractivity contribution in [2.75, 3.05) is 25.1 Å². The highest BCUT2D eigenvalue weighted by Gasteiger charge is 2.10. The fourth-order valence-corrected chi connectivity index (χ4v) is 1.83. The fourth-order valence-electron chi connectivity index (χ4n) is 1.83. The summed E-state index contributed by atoms with van der Waals surface area (Å²) in [6.45, 7) is 3.19. The molecule has 0 aliphatic rings. The molecule has 4 nitrogen and oxygen atoms in total. The Morgan fingerprint density at radius 2 is 2.18 bits per heavy atom. The Labute approximate surface area is 103 Å². The zero-order valence-corrected chi connectivity index (χ0v) is 10.8. The number of aliphatic hydroxyl groups is 1. The third kappa shape index (κ3) is 4.32. The molecule has 0 bridgehead atoms. The van der Waals surface area contributed by atoms with Crippen LogP contribution < -0.4 is 10.6 Å². The molecule has 0 amide bonds. The summed E-state index contributed by atoms with van der Waals surface area (Å²) in [7, 11) is 2.03. The molecule has 17 heavy (non-hydrogen) atoms. The minimum Gasteiger partial charge on any atom is -0.396 e. The lowest BCUT2D eigenvalue weighted by Crippen LogP contribution is -2.23. The molecule has 1 aromatic heterocycles. The summed E-state index contributed by atoms with van der Waals surface area (Å²) in [6, 6.07) is 3.94. The van der Waals surface area contributed by atoms with Crippen LogP contribution in [0.25, 0.3) is 0 Å². The Kier molecular flexibility index (Phi) is 5.94. The number of nitrogens with two attached hydrogens (primary N) is 1. The van der Waals surface area contributed by atoms with Crippen LogP contribution in [-0.2, 0) is 0 Å². The van der Waals surface area contributed by atoms with Crippen LogP contribution in [0.15, 0.2) is 18.3 Å². The van der Waals surface area contributed by atoms with Crippen LogP contribution in [0.2, 0.25) is 0 Å². The molecule has 1 heterocycles. The summed E-state index contributed by atoms with van der Waals surface area (Å²) >= 11 is 0. The first-order chi connectivity index (χ1) is 8.16. The van der Waals surface area contributed by atoms with E-state index in [1.54, 1.807) is 6.20 Å². The molecule has 1 rings (SSSR count). The smallest absolute Gasteiger partial charge is 0.133 e. The Hall–Kier alpha value is -1.13. The lowest BCUT2D eigenvalue weighted by atomic mass is 10.1. The summed E-state index contributed by atoms with van der Waals surface area (Å²) in [5, 5.41) is 8.72. The van der Waals surface area contributed by atoms with Crippen molar-refractivity contribution in [3.05, 3.63) is 23.9 Å². The quantitative estimate of drug-likeness (QED) is 0.709. The van der Waals surface area contributed by atoms with Crippen LogP contribution in [-0.4, -0.2) is 30.3 Å². The standard InChI is InChI=1S/C13H23N3O/c1-11(14)12-7-6-8-15-13(12)16(2)9-4-3-5-10-17/h6-8,11,17H,3-5,9-10,14H2,1-2H3/t11-/m1/s1. The van der Waals surface area contributed by atoms with Crippen molar-refractivity contribution in [1.29, 1.82) is 0 Å². The maximum atomic E-state index is 8.72. The average Bonchev–Trinajstić information content (AvgIpc) is 2.34. The van der Waals surface area contributed by atoms with Crippen molar-refractivity contribution < 1.29 is 5.11 Å². The van der Waals surface area contributed by atoms with E-state index in [1.165, 1.54) is 0 Å². The summed E-state index contributed by atoms with van der Waals surface area (Å²) in [4.78, 5) is 6.53. The topological polar surface area (TPSA) is 62.4 Å². The Balaban J connectivity index is 2.58. The van der Waals surface area contributed by atoms with Crippen molar-refractivity contribution in [1.82, 2.24) is 4.98 Å². The van der Waals surface area contributed by atoms with Crippen molar-refractivity contribution in [2.24, 2.45) is 5.73 Å². The van der Waals surface area contributed by atoms with Crippen molar-refractivity contribution in [3.8, 4) is 0 Å². The van der Waals surface area contributed by atoms with Crippen molar-refractivity contribution >= 4 is 5.82 Å². The number of rotatable bonds is 7. The molecule has 0 aliphatic carbocycles. The van der Waals surface area contributed by atoms with E-state index in [2.05, 4.69) is 9.88 Å². The van der Waals surface area contributed by atoms with Gasteiger partial charge in [-0.15, -0.1) is 0 Å². The van der Waals surface area contributed by atoms with E-state index in [0.717, 1.165) is 37.2 Å². The summed E-state index contributed by atoms with van der Waals surface area (Å²) in [5.74, 6) is 0.964. The molecule has 1 atom stereocenters. The van der Waals surface area contributed by atoms with Gasteiger partial charge in [0.1, 0.15) is 5.82 Å². The van der Waals surface area contributed by atoms with Crippen LogP contribution >= 0.6 is 0 Å². The third-order valence-corrected chi connectivity index (χ3v) is 2.82. The highest BCUT2D eigenvalue weighted by molar-refractivity contribution is 5.47. The number of aromatic nitrogens is 1. The van der Waals surface area contributed by atoms with Crippen LogP contribution in [0.1, 0.15) is 37.8 Å². The van der Waals surface area contributed by atoms with Gasteiger partial charge in [0.2, 0.25) is 0 Å². The van der Waals surface area contributed by atoms with Gasteiger partial charge in [0.25, 0.3) is 0 Å². The molecule has 0 unspecified atom stereocenters. The molecular weight excluding hydrogens is 214 g/mol. The SMILES string of the molecule is C[C@@H](N)c1cccnc1N(C)CCCCCO. The lowest BCUT2D eigenvalue weighted by Gasteiger charge is -2.22. The van der Waals surface area contributed by atoms with E-state index >= 15 is 0 Å². The molecule has 0 aliphatic heterocycles. The van der Waals surface area contributed by atoms with E-state index in [0.29, 0.717) is 0 Å². The van der Waals surface area contributed by atoms with Crippen LogP contribution in [0.3, 0.4) is 0 Å². The molecule has 0 spiro atoms. The fraction of sp³-hybridized carbons (Fsp3) is 0.615. The molecule has 0 saturated heterocycles. The minimum absolute atomic E-state index is 0.00130. The number of anilines is 1. The van der Waals surface area contributed by atoms with Gasteiger partial charge in [-0.25, -0.2) is 4.98 Å². The molecule has 4 heteroatoms. The second kappa shape index (κ2) is 7.25. The Morgan fingerprint density at radius 1 is 1.41 bits per heavy atom. The number of aliphatic hydroxyl groups excluding tert-OH is 1. The van der Waals surface area contributed by atoms with Gasteiger partial charge in [-0.2, -0.15) is 0 Å². The Morgan fingerprint density at radius 3 is 2.82 bits per heavy atom. The van der Waals surface area contributed by atoms with E-state index in [-0.39, 0.29) is 12.6 Å². The number of hydrogen-bond acceptors (Lipinski definition) is 4. The van der Waals surface area contributed by atoms with E-state index in [1.807, 2.05) is 26.1 Å². The summed E-state index contributed by atoms with van der Waals surface area (Å²) < 4.78 is 0. The predicted molar refractivity (Wildman–Crippen MR) is 71.0 cm³/mol. The minimum atomic E-state index is -0.00130. The molecule has 96 valence electrons. The highest BCUT2D eigenvalue weighted by Crippen LogP contribution is 2.21. The van der Waals surface area contributed by atoms with E-state index < -0.39 is 0 Å². The first-order valence-corrected chi connectivity index (χ1v) is 6.19. The number of pyridine rings is 1. The zero-order chi connectivity index (χ0) is 12.7. The maximum Gasteiger partial charge on any atom is 0.133 e. The molecule has 0 fully saturated rings. The van der Waals surface area contributed by atoms with Gasteiger partial charge in [-0.1, -0.05) is 6.07 Å². The van der Waals surface area contributed by atoms with Gasteiger partial charge in [-0.05, 0) is 32.3 Å². The average molecular weight is 237 g/mol. The zero-order valence-electron chi connectivity index (χ0n) is 10.8. The first kappa shape index (κ1) is 13.9. The van der Waals surface area contributed by atoms with E-state index in [4.69, 9.17) is 10.8 Å². The number of nitrogens with zero attached hydrogens (tertiary/aromatic N) is 2. The number of unbranched alkanes of at least 4 members (excludes halogenated alkanes) is 2. The molecule has 1 aromatic rings. The van der Waals surface area contributed by atoms with E-state index in [9.17, 15) is 0 Å². The largest absolute Gasteiger partial charge is 0.396 e. The monoisotopic (exact) mass is 237 g/mol. The molecular formula is C13H23N3O. The molecule has 0 aromatic carbocycles. The molecule has 3 N–H and O–H groups in total. The predicted octanol–water partition coefficient (Wildman–Crippen LogP) is 1.70. The normalized spacial score (nSPS) is 12.5. The van der Waals surface area contributed by atoms with Crippen molar-refractivity contribution in [3.63, 3.8) is 0 Å². The third-order valence-electron chi connectivity index (χ3n) is 2.82. The van der Waals surface area contributed by atoms with Gasteiger partial charge < -0.3 is 15.7 Å². The summed E-state index contributed by atoms with van der Waals surface area (Å²) in [6.07, 6.45) is 4.77. The van der Waals surface area contributed by atoms with Gasteiger partial charge in [-0.3, -0.25) is 0 Å². The van der Waals surface area contributed by atoms with Crippen LogP contribution in [0, 0.1) is 0 Å². The van der Waals surface area contributed by atoms with Gasteiger partial charge in [0.15, 0.2) is 0 Å². The first-order valence-electron chi connectivity index (χ1n) is 6.19. The summed E-state index contributed by atoms with van der Waals surface area (Å²) in [5.41, 5.74) is 7.01. The number of hydrogen-bond donors (Lipinski definition) is 2. The van der Waals surface area contributed by atoms with Crippen LogP contribution in [0.4, 0.5) is 5.82 Å². The lowest BCUT2D eigenvalue weighted by molar-refractivity contribution is 0.283. The molecule has 0 saturated carbocycles. The van der Waals surface area contributed by atoms with Gasteiger partial charge in [0.05, 0.1) is 0 Å². The highest BCUT2D eigenvalue weighted by atomic mass is 16.2. The second-order valence-electron chi connectivity index (χ2n) is 4.41. The Bertz CT molecular complexity index is 328. The van der Waals surface area contributed by atoms with Crippen molar-refractivity contribution in [2.45, 2.75) is 32.2 Å². The van der Waals surface area contributed by atoms with Crippen LogP contribution in [0.5, 0.6) is 0 Å². The van der Waals surface area contributed by atoms with Gasteiger partial charge >= 0.3 is 0 Å².